The number of nitrogens with zero attached hydrogens (tertiary/aromatic N) is 3. The van der Waals surface area contributed by atoms with Crippen LogP contribution in [0.3, 0.4) is 0 Å². The first kappa shape index (κ1) is 16.8. The molecule has 128 valence electrons. The van der Waals surface area contributed by atoms with E-state index in [1.165, 1.54) is 34.8 Å². The van der Waals surface area contributed by atoms with Crippen LogP contribution in [0.1, 0.15) is 23.8 Å². The van der Waals surface area contributed by atoms with E-state index in [0.29, 0.717) is 10.8 Å². The lowest BCUT2D eigenvalue weighted by Crippen LogP contribution is -2.23. The van der Waals surface area contributed by atoms with E-state index < -0.39 is 0 Å². The Hall–Kier alpha value is -1.70. The maximum Gasteiger partial charge on any atom is 0.238 e. The van der Waals surface area contributed by atoms with Crippen LogP contribution in [0.4, 0.5) is 5.82 Å². The van der Waals surface area contributed by atoms with Crippen LogP contribution in [-0.4, -0.2) is 26.1 Å². The maximum atomic E-state index is 12.5. The highest BCUT2D eigenvalue weighted by Crippen LogP contribution is 2.40. The first-order valence-corrected chi connectivity index (χ1v) is 10.0. The van der Waals surface area contributed by atoms with Crippen molar-refractivity contribution in [3.05, 3.63) is 40.1 Å². The standard InChI is InChI=1S/C17H15ClN4OS2/c1-9(15(23)22-13-6-5-10(18)7-19-13)24-16-14-11-3-2-4-12(11)25-17(14)21-8-20-16/h5-9H,2-4H2,1H3,(H,19,22,23)/t9-/m0/s1. The molecule has 0 fully saturated rings. The Morgan fingerprint density at radius 2 is 2.20 bits per heavy atom. The molecule has 0 aliphatic heterocycles. The summed E-state index contributed by atoms with van der Waals surface area (Å²) < 4.78 is 0. The van der Waals surface area contributed by atoms with E-state index >= 15 is 0 Å². The third kappa shape index (κ3) is 3.36. The SMILES string of the molecule is C[C@H](Sc1ncnc2sc3c(c12)CCC3)C(=O)Nc1ccc(Cl)cn1. The van der Waals surface area contributed by atoms with Gasteiger partial charge in [0, 0.05) is 16.5 Å². The van der Waals surface area contributed by atoms with E-state index in [0.717, 1.165) is 28.1 Å². The second-order valence-electron chi connectivity index (χ2n) is 5.83. The third-order valence-electron chi connectivity index (χ3n) is 4.10. The van der Waals surface area contributed by atoms with Crippen molar-refractivity contribution in [3.63, 3.8) is 0 Å². The molecule has 1 amide bonds. The number of aryl methyl sites for hydroxylation is 2. The summed E-state index contributed by atoms with van der Waals surface area (Å²) in [5.41, 5.74) is 1.37. The summed E-state index contributed by atoms with van der Waals surface area (Å²) in [7, 11) is 0. The van der Waals surface area contributed by atoms with E-state index in [1.54, 1.807) is 29.8 Å². The van der Waals surface area contributed by atoms with Gasteiger partial charge < -0.3 is 5.32 Å². The minimum Gasteiger partial charge on any atom is -0.310 e. The molecule has 0 unspecified atom stereocenters. The molecule has 0 radical (unpaired) electrons. The molecule has 3 heterocycles. The number of hydrogen-bond acceptors (Lipinski definition) is 6. The van der Waals surface area contributed by atoms with Crippen molar-refractivity contribution in [2.24, 2.45) is 0 Å². The monoisotopic (exact) mass is 390 g/mol. The van der Waals surface area contributed by atoms with Crippen LogP contribution in [-0.2, 0) is 17.6 Å². The van der Waals surface area contributed by atoms with Gasteiger partial charge in [-0.2, -0.15) is 0 Å². The molecule has 0 saturated carbocycles. The predicted octanol–water partition coefficient (Wildman–Crippen LogP) is 4.35. The van der Waals surface area contributed by atoms with Gasteiger partial charge in [-0.25, -0.2) is 15.0 Å². The zero-order valence-corrected chi connectivity index (χ0v) is 15.8. The minimum atomic E-state index is -0.299. The highest BCUT2D eigenvalue weighted by atomic mass is 35.5. The number of thioether (sulfide) groups is 1. The molecule has 1 aliphatic rings. The van der Waals surface area contributed by atoms with Gasteiger partial charge in [0.05, 0.1) is 10.3 Å². The van der Waals surface area contributed by atoms with Gasteiger partial charge in [0.1, 0.15) is 22.0 Å². The average molecular weight is 391 g/mol. The van der Waals surface area contributed by atoms with Crippen molar-refractivity contribution in [2.75, 3.05) is 5.32 Å². The highest BCUT2D eigenvalue weighted by Gasteiger charge is 2.24. The molecule has 0 spiro atoms. The van der Waals surface area contributed by atoms with Crippen LogP contribution >= 0.6 is 34.7 Å². The van der Waals surface area contributed by atoms with Crippen molar-refractivity contribution < 1.29 is 4.79 Å². The molecule has 1 N–H and O–H groups in total. The lowest BCUT2D eigenvalue weighted by molar-refractivity contribution is -0.115. The number of carbonyl (C=O) groups is 1. The van der Waals surface area contributed by atoms with E-state index in [-0.39, 0.29) is 11.2 Å². The van der Waals surface area contributed by atoms with E-state index in [4.69, 9.17) is 11.6 Å². The molecule has 3 aromatic heterocycles. The van der Waals surface area contributed by atoms with Crippen LogP contribution in [0.15, 0.2) is 29.7 Å². The van der Waals surface area contributed by atoms with Gasteiger partial charge in [-0.05, 0) is 43.9 Å². The number of anilines is 1. The summed E-state index contributed by atoms with van der Waals surface area (Å²) in [5.74, 6) is 0.379. The number of aromatic nitrogens is 3. The summed E-state index contributed by atoms with van der Waals surface area (Å²) in [6.07, 6.45) is 6.48. The minimum absolute atomic E-state index is 0.113. The van der Waals surface area contributed by atoms with Crippen molar-refractivity contribution in [2.45, 2.75) is 36.5 Å². The van der Waals surface area contributed by atoms with Crippen LogP contribution in [0.5, 0.6) is 0 Å². The average Bonchev–Trinajstić information content (AvgIpc) is 3.18. The van der Waals surface area contributed by atoms with Gasteiger partial charge in [-0.3, -0.25) is 4.79 Å². The molecular formula is C17H15ClN4OS2. The summed E-state index contributed by atoms with van der Waals surface area (Å²) in [4.78, 5) is 27.8. The number of amides is 1. The van der Waals surface area contributed by atoms with Crippen LogP contribution in [0.25, 0.3) is 10.2 Å². The number of fused-ring (bicyclic) bond motifs is 3. The van der Waals surface area contributed by atoms with Crippen molar-refractivity contribution in [3.8, 4) is 0 Å². The summed E-state index contributed by atoms with van der Waals surface area (Å²) in [5, 5.41) is 5.07. The quantitative estimate of drug-likeness (QED) is 0.530. The van der Waals surface area contributed by atoms with E-state index in [2.05, 4.69) is 20.3 Å². The largest absolute Gasteiger partial charge is 0.310 e. The predicted molar refractivity (Wildman–Crippen MR) is 103 cm³/mol. The van der Waals surface area contributed by atoms with Crippen LogP contribution < -0.4 is 5.32 Å². The molecular weight excluding hydrogens is 376 g/mol. The van der Waals surface area contributed by atoms with E-state index in [1.807, 2.05) is 6.92 Å². The number of halogens is 1. The molecule has 5 nitrogen and oxygen atoms in total. The van der Waals surface area contributed by atoms with Gasteiger partial charge in [0.2, 0.25) is 5.91 Å². The van der Waals surface area contributed by atoms with Crippen molar-refractivity contribution >= 4 is 56.6 Å². The fourth-order valence-electron chi connectivity index (χ4n) is 2.89. The fraction of sp³-hybridized carbons (Fsp3) is 0.294. The molecule has 0 aromatic carbocycles. The number of thiophene rings is 1. The van der Waals surface area contributed by atoms with Gasteiger partial charge in [-0.1, -0.05) is 23.4 Å². The molecule has 8 heteroatoms. The molecule has 4 rings (SSSR count). The Morgan fingerprint density at radius 3 is 3.00 bits per heavy atom. The van der Waals surface area contributed by atoms with Crippen LogP contribution in [0.2, 0.25) is 5.02 Å². The Kier molecular flexibility index (Phi) is 4.62. The highest BCUT2D eigenvalue weighted by molar-refractivity contribution is 8.00. The molecule has 0 saturated heterocycles. The number of carbonyl (C=O) groups excluding carboxylic acids is 1. The first-order chi connectivity index (χ1) is 12.1. The zero-order valence-electron chi connectivity index (χ0n) is 13.5. The number of rotatable bonds is 4. The van der Waals surface area contributed by atoms with Crippen molar-refractivity contribution in [1.82, 2.24) is 15.0 Å². The summed E-state index contributed by atoms with van der Waals surface area (Å²) in [6.45, 7) is 1.87. The summed E-state index contributed by atoms with van der Waals surface area (Å²) >= 11 is 9.03. The third-order valence-corrected chi connectivity index (χ3v) is 6.63. The lowest BCUT2D eigenvalue weighted by atomic mass is 10.2. The number of pyridine rings is 1. The Labute approximate surface area is 158 Å². The summed E-state index contributed by atoms with van der Waals surface area (Å²) in [6, 6.07) is 3.39. The van der Waals surface area contributed by atoms with Gasteiger partial charge >= 0.3 is 0 Å². The second kappa shape index (κ2) is 6.90. The second-order valence-corrected chi connectivity index (χ2v) is 8.68. The molecule has 1 aliphatic carbocycles. The van der Waals surface area contributed by atoms with E-state index in [9.17, 15) is 4.79 Å². The Balaban J connectivity index is 1.54. The topological polar surface area (TPSA) is 67.8 Å². The molecule has 25 heavy (non-hydrogen) atoms. The van der Waals surface area contributed by atoms with Crippen molar-refractivity contribution in [1.29, 1.82) is 0 Å². The molecule has 0 bridgehead atoms. The zero-order chi connectivity index (χ0) is 17.4. The van der Waals surface area contributed by atoms with Crippen LogP contribution in [0, 0.1) is 0 Å². The molecule has 1 atom stereocenters. The Morgan fingerprint density at radius 1 is 1.32 bits per heavy atom. The van der Waals surface area contributed by atoms with Gasteiger partial charge in [0.15, 0.2) is 0 Å². The molecule has 3 aromatic rings. The maximum absolute atomic E-state index is 12.5. The first-order valence-electron chi connectivity index (χ1n) is 7.96. The lowest BCUT2D eigenvalue weighted by Gasteiger charge is -2.12. The smallest absolute Gasteiger partial charge is 0.238 e. The fourth-order valence-corrected chi connectivity index (χ4v) is 5.24. The normalized spacial score (nSPS) is 14.5. The number of hydrogen-bond donors (Lipinski definition) is 1. The van der Waals surface area contributed by atoms with Gasteiger partial charge in [-0.15, -0.1) is 11.3 Å². The number of nitrogens with one attached hydrogen (secondary N) is 1. The van der Waals surface area contributed by atoms with Gasteiger partial charge in [0.25, 0.3) is 0 Å². The Bertz CT molecular complexity index is 942.